The highest BCUT2D eigenvalue weighted by Crippen LogP contribution is 2.32. The molecule has 1 aromatic rings. The summed E-state index contributed by atoms with van der Waals surface area (Å²) in [6.45, 7) is 5.83. The zero-order chi connectivity index (χ0) is 14.2. The molecule has 0 aliphatic carbocycles. The molecule has 2 heterocycles. The first-order valence-corrected chi connectivity index (χ1v) is 6.91. The van der Waals surface area contributed by atoms with Crippen molar-refractivity contribution in [1.29, 1.82) is 0 Å². The van der Waals surface area contributed by atoms with Crippen LogP contribution in [0.2, 0.25) is 5.02 Å². The van der Waals surface area contributed by atoms with Gasteiger partial charge in [-0.25, -0.2) is 0 Å². The summed E-state index contributed by atoms with van der Waals surface area (Å²) in [5.74, 6) is -0.722. The number of aliphatic carboxylic acids is 1. The van der Waals surface area contributed by atoms with Gasteiger partial charge in [-0.2, -0.15) is 5.10 Å². The van der Waals surface area contributed by atoms with Gasteiger partial charge in [0.15, 0.2) is 0 Å². The van der Waals surface area contributed by atoms with E-state index in [2.05, 4.69) is 10.00 Å². The van der Waals surface area contributed by atoms with Crippen molar-refractivity contribution < 1.29 is 9.90 Å². The molecule has 1 unspecified atom stereocenters. The average molecular weight is 286 g/mol. The number of carboxylic acids is 1. The van der Waals surface area contributed by atoms with E-state index in [1.165, 1.54) is 0 Å². The molecule has 1 aliphatic heterocycles. The Balaban J connectivity index is 2.12. The van der Waals surface area contributed by atoms with Gasteiger partial charge in [0, 0.05) is 20.1 Å². The molecule has 5 nitrogen and oxygen atoms in total. The van der Waals surface area contributed by atoms with E-state index in [-0.39, 0.29) is 0 Å². The molecular weight excluding hydrogens is 266 g/mol. The Morgan fingerprint density at radius 1 is 1.58 bits per heavy atom. The van der Waals surface area contributed by atoms with Crippen LogP contribution in [0.25, 0.3) is 0 Å². The van der Waals surface area contributed by atoms with Crippen LogP contribution in [0.4, 0.5) is 0 Å². The van der Waals surface area contributed by atoms with Crippen molar-refractivity contribution in [2.75, 3.05) is 13.1 Å². The third-order valence-electron chi connectivity index (χ3n) is 3.95. The Bertz CT molecular complexity index is 500. The van der Waals surface area contributed by atoms with Crippen LogP contribution in [0.1, 0.15) is 31.7 Å². The molecule has 1 aliphatic rings. The van der Waals surface area contributed by atoms with Gasteiger partial charge in [0.1, 0.15) is 0 Å². The molecule has 106 valence electrons. The lowest BCUT2D eigenvalue weighted by atomic mass is 9.90. The molecule has 0 spiro atoms. The highest BCUT2D eigenvalue weighted by Gasteiger charge is 2.40. The van der Waals surface area contributed by atoms with E-state index in [4.69, 9.17) is 11.6 Å². The first-order valence-electron chi connectivity index (χ1n) is 6.53. The van der Waals surface area contributed by atoms with Gasteiger partial charge in [0.2, 0.25) is 0 Å². The molecule has 1 aromatic heterocycles. The van der Waals surface area contributed by atoms with Crippen molar-refractivity contribution in [2.24, 2.45) is 12.5 Å². The zero-order valence-electron chi connectivity index (χ0n) is 11.6. The minimum Gasteiger partial charge on any atom is -0.481 e. The first kappa shape index (κ1) is 14.3. The van der Waals surface area contributed by atoms with E-state index in [0.29, 0.717) is 24.5 Å². The highest BCUT2D eigenvalue weighted by molar-refractivity contribution is 6.31. The van der Waals surface area contributed by atoms with Crippen LogP contribution in [0.3, 0.4) is 0 Å². The second-order valence-electron chi connectivity index (χ2n) is 5.51. The average Bonchev–Trinajstić information content (AvgIpc) is 2.86. The molecule has 2 rings (SSSR count). The summed E-state index contributed by atoms with van der Waals surface area (Å²) >= 11 is 6.32. The van der Waals surface area contributed by atoms with Crippen LogP contribution in [0.15, 0.2) is 0 Å². The molecular formula is C13H20ClN3O2. The smallest absolute Gasteiger partial charge is 0.310 e. The lowest BCUT2D eigenvalue weighted by Gasteiger charge is -2.20. The Kier molecular flexibility index (Phi) is 3.87. The number of carboxylic acid groups (broad SMARTS) is 1. The Morgan fingerprint density at radius 3 is 2.74 bits per heavy atom. The summed E-state index contributed by atoms with van der Waals surface area (Å²) in [7, 11) is 1.88. The maximum Gasteiger partial charge on any atom is 0.310 e. The fraction of sp³-hybridized carbons (Fsp3) is 0.692. The van der Waals surface area contributed by atoms with Crippen molar-refractivity contribution in [3.05, 3.63) is 16.4 Å². The summed E-state index contributed by atoms with van der Waals surface area (Å²) in [5, 5.41) is 14.3. The van der Waals surface area contributed by atoms with Crippen LogP contribution >= 0.6 is 11.6 Å². The van der Waals surface area contributed by atoms with Crippen molar-refractivity contribution in [2.45, 2.75) is 33.2 Å². The maximum absolute atomic E-state index is 11.2. The van der Waals surface area contributed by atoms with Crippen molar-refractivity contribution >= 4 is 17.6 Å². The Morgan fingerprint density at radius 2 is 2.26 bits per heavy atom. The number of likely N-dealkylation sites (tertiary alicyclic amines) is 1. The summed E-state index contributed by atoms with van der Waals surface area (Å²) < 4.78 is 1.80. The second kappa shape index (κ2) is 5.13. The highest BCUT2D eigenvalue weighted by atomic mass is 35.5. The van der Waals surface area contributed by atoms with Gasteiger partial charge < -0.3 is 5.11 Å². The molecule has 0 radical (unpaired) electrons. The number of aromatic nitrogens is 2. The van der Waals surface area contributed by atoms with E-state index in [1.54, 1.807) is 11.6 Å². The monoisotopic (exact) mass is 285 g/mol. The number of hydrogen-bond donors (Lipinski definition) is 1. The summed E-state index contributed by atoms with van der Waals surface area (Å²) in [5.41, 5.74) is 1.23. The quantitative estimate of drug-likeness (QED) is 0.918. The molecule has 19 heavy (non-hydrogen) atoms. The number of carbonyl (C=O) groups is 1. The normalized spacial score (nSPS) is 24.0. The lowest BCUT2D eigenvalue weighted by molar-refractivity contribution is -0.147. The zero-order valence-corrected chi connectivity index (χ0v) is 12.4. The van der Waals surface area contributed by atoms with Gasteiger partial charge in [0.25, 0.3) is 0 Å². The topological polar surface area (TPSA) is 58.4 Å². The fourth-order valence-corrected chi connectivity index (χ4v) is 2.92. The van der Waals surface area contributed by atoms with E-state index in [0.717, 1.165) is 24.4 Å². The van der Waals surface area contributed by atoms with E-state index in [1.807, 2.05) is 14.0 Å². The van der Waals surface area contributed by atoms with Crippen LogP contribution in [0.5, 0.6) is 0 Å². The van der Waals surface area contributed by atoms with Gasteiger partial charge in [-0.05, 0) is 26.3 Å². The Labute approximate surface area is 118 Å². The van der Waals surface area contributed by atoms with E-state index in [9.17, 15) is 9.90 Å². The minimum absolute atomic E-state index is 0.561. The molecule has 1 fully saturated rings. The number of hydrogen-bond acceptors (Lipinski definition) is 3. The van der Waals surface area contributed by atoms with E-state index < -0.39 is 11.4 Å². The van der Waals surface area contributed by atoms with Gasteiger partial charge >= 0.3 is 5.97 Å². The molecule has 6 heteroatoms. The first-order chi connectivity index (χ1) is 8.87. The van der Waals surface area contributed by atoms with Crippen molar-refractivity contribution in [3.8, 4) is 0 Å². The molecule has 0 amide bonds. The third kappa shape index (κ3) is 2.62. The molecule has 0 saturated carbocycles. The van der Waals surface area contributed by atoms with Crippen molar-refractivity contribution in [1.82, 2.24) is 14.7 Å². The SMILES string of the molecule is CCc1nn(C)c(CN2CCC(C)(C(=O)O)C2)c1Cl. The van der Waals surface area contributed by atoms with Gasteiger partial charge in [-0.15, -0.1) is 0 Å². The largest absolute Gasteiger partial charge is 0.481 e. The number of aryl methyl sites for hydroxylation is 2. The molecule has 1 atom stereocenters. The minimum atomic E-state index is -0.722. The lowest BCUT2D eigenvalue weighted by Crippen LogP contribution is -2.31. The summed E-state index contributed by atoms with van der Waals surface area (Å²) in [6, 6.07) is 0. The predicted octanol–water partition coefficient (Wildman–Crippen LogP) is 1.93. The number of rotatable bonds is 4. The van der Waals surface area contributed by atoms with Gasteiger partial charge in [-0.3, -0.25) is 14.4 Å². The van der Waals surface area contributed by atoms with Crippen LogP contribution in [-0.2, 0) is 24.8 Å². The van der Waals surface area contributed by atoms with Crippen LogP contribution < -0.4 is 0 Å². The maximum atomic E-state index is 11.2. The second-order valence-corrected chi connectivity index (χ2v) is 5.89. The summed E-state index contributed by atoms with van der Waals surface area (Å²) in [4.78, 5) is 13.4. The predicted molar refractivity (Wildman–Crippen MR) is 73.2 cm³/mol. The molecule has 1 saturated heterocycles. The summed E-state index contributed by atoms with van der Waals surface area (Å²) in [6.07, 6.45) is 1.48. The van der Waals surface area contributed by atoms with E-state index >= 15 is 0 Å². The van der Waals surface area contributed by atoms with Crippen LogP contribution in [0, 0.1) is 5.41 Å². The third-order valence-corrected chi connectivity index (χ3v) is 4.38. The molecule has 1 N–H and O–H groups in total. The van der Waals surface area contributed by atoms with Gasteiger partial charge in [0.05, 0.1) is 21.8 Å². The molecule has 0 bridgehead atoms. The van der Waals surface area contributed by atoms with Crippen LogP contribution in [-0.4, -0.2) is 38.8 Å². The molecule has 0 aromatic carbocycles. The van der Waals surface area contributed by atoms with Gasteiger partial charge in [-0.1, -0.05) is 18.5 Å². The number of nitrogens with zero attached hydrogens (tertiary/aromatic N) is 3. The Hall–Kier alpha value is -1.07. The number of halogens is 1. The van der Waals surface area contributed by atoms with Crippen molar-refractivity contribution in [3.63, 3.8) is 0 Å². The fourth-order valence-electron chi connectivity index (χ4n) is 2.57. The standard InChI is InChI=1S/C13H20ClN3O2/c1-4-9-11(14)10(16(3)15-9)7-17-6-5-13(2,8-17)12(18)19/h4-8H2,1-3H3,(H,18,19).